The molecule has 0 rings (SSSR count). The molecule has 0 unspecified atom stereocenters. The summed E-state index contributed by atoms with van der Waals surface area (Å²) in [5.74, 6) is 0. The van der Waals surface area contributed by atoms with Gasteiger partial charge in [0.2, 0.25) is 0 Å². The molecular formula is C18H35O5SZn. The third-order valence-corrected chi connectivity index (χ3v) is 4.46. The van der Waals surface area contributed by atoms with Crippen LogP contribution in [0.3, 0.4) is 0 Å². The van der Waals surface area contributed by atoms with Crippen molar-refractivity contribution in [3.8, 4) is 0 Å². The molecule has 0 spiro atoms. The van der Waals surface area contributed by atoms with Gasteiger partial charge in [-0.1, -0.05) is 39.0 Å². The number of unbranched alkanes of at least 4 members (excludes halogenated alkanes) is 11. The second kappa shape index (κ2) is 20.2. The summed E-state index contributed by atoms with van der Waals surface area (Å²) in [6.45, 7) is 2.27. The van der Waals surface area contributed by atoms with E-state index in [1.165, 1.54) is 77.0 Å². The summed E-state index contributed by atoms with van der Waals surface area (Å²) in [4.78, 5) is 10.8. The van der Waals surface area contributed by atoms with Crippen molar-refractivity contribution in [2.45, 2.75) is 96.8 Å². The first-order valence-corrected chi connectivity index (χ1v) is 12.3. The molecule has 0 bridgehead atoms. The maximum atomic E-state index is 10.8. The van der Waals surface area contributed by atoms with Gasteiger partial charge < -0.3 is 0 Å². The summed E-state index contributed by atoms with van der Waals surface area (Å²) in [7, 11) is -4.67. The quantitative estimate of drug-likeness (QED) is 0.157. The Hall–Kier alpha value is -0.0966. The van der Waals surface area contributed by atoms with Gasteiger partial charge in [0, 0.05) is 0 Å². The van der Waals surface area contributed by atoms with Crippen LogP contribution < -0.4 is 0 Å². The Kier molecular flexibility index (Phi) is 21.9. The minimum absolute atomic E-state index is 0.461. The maximum absolute atomic E-state index is 10.8. The minimum Gasteiger partial charge on any atom is -0.264 e. The standard InChI is InChI=1S/C18H33O.H2O4S.Zn/c1-2-3-4-5-6-7-8-9-10-11-12-13-14-15-16-17-18-19;1-5(2,3)4;/h9-10H,2-8,11-17H2,1H3;(H2,1,2,3,4);/b10-9-;;. The van der Waals surface area contributed by atoms with Crippen LogP contribution in [0.25, 0.3) is 0 Å². The molecule has 2 N–H and O–H groups in total. The maximum Gasteiger partial charge on any atom is 0.394 e. The number of hydrogen-bond acceptors (Lipinski definition) is 3. The van der Waals surface area contributed by atoms with Crippen molar-refractivity contribution in [1.82, 2.24) is 0 Å². The van der Waals surface area contributed by atoms with Gasteiger partial charge in [0.25, 0.3) is 0 Å². The normalized spacial score (nSPS) is 11.4. The van der Waals surface area contributed by atoms with Crippen LogP contribution in [0.5, 0.6) is 0 Å². The second-order valence-corrected chi connectivity index (χ2v) is 8.87. The van der Waals surface area contributed by atoms with Gasteiger partial charge in [0.15, 0.2) is 0 Å². The second-order valence-electron chi connectivity index (χ2n) is 6.32. The predicted molar refractivity (Wildman–Crippen MR) is 98.6 cm³/mol. The van der Waals surface area contributed by atoms with E-state index < -0.39 is 10.4 Å². The topological polar surface area (TPSA) is 91.7 Å². The molecule has 0 aromatic carbocycles. The molecule has 0 aliphatic rings. The number of hydrogen-bond donors (Lipinski definition) is 2. The number of carbonyl (C=O) groups excluding carboxylic acids is 1. The average Bonchev–Trinajstić information content (AvgIpc) is 2.49. The van der Waals surface area contributed by atoms with Crippen LogP contribution in [-0.2, 0) is 33.5 Å². The van der Waals surface area contributed by atoms with E-state index >= 15 is 0 Å². The van der Waals surface area contributed by atoms with Crippen molar-refractivity contribution >= 4 is 14.8 Å². The molecule has 0 saturated heterocycles. The Bertz CT molecular complexity index is 413. The molecule has 0 aliphatic heterocycles. The Morgan fingerprint density at radius 2 is 1.16 bits per heavy atom. The number of allylic oxidation sites excluding steroid dienone is 2. The zero-order valence-electron chi connectivity index (χ0n) is 15.8. The fourth-order valence-electron chi connectivity index (χ4n) is 2.39. The van der Waals surface area contributed by atoms with E-state index in [1.807, 2.05) is 0 Å². The summed E-state index contributed by atoms with van der Waals surface area (Å²) in [6.07, 6.45) is 22.8. The van der Waals surface area contributed by atoms with E-state index in [-0.39, 0.29) is 0 Å². The molecule has 0 heterocycles. The molecule has 0 amide bonds. The molecular weight excluding hydrogens is 394 g/mol. The first kappa shape index (κ1) is 27.1. The summed E-state index contributed by atoms with van der Waals surface area (Å²) in [6, 6.07) is 0. The van der Waals surface area contributed by atoms with Crippen LogP contribution in [0.2, 0.25) is 0 Å². The zero-order chi connectivity index (χ0) is 19.4. The first-order chi connectivity index (χ1) is 11.8. The van der Waals surface area contributed by atoms with Crippen molar-refractivity contribution in [2.24, 2.45) is 0 Å². The fourth-order valence-corrected chi connectivity index (χ4v) is 2.92. The van der Waals surface area contributed by atoms with Crippen molar-refractivity contribution < 1.29 is 40.6 Å². The van der Waals surface area contributed by atoms with Crippen molar-refractivity contribution in [1.29, 1.82) is 0 Å². The van der Waals surface area contributed by atoms with Crippen LogP contribution in [0.15, 0.2) is 12.2 Å². The third kappa shape index (κ3) is 40.1. The SMILES string of the molecule is CCCCCCCC/C=C\CCCCCCC[C](=O)[Zn].O=S(=O)(O)O. The molecule has 0 aromatic rings. The molecule has 0 radical (unpaired) electrons. The average molecular weight is 429 g/mol. The van der Waals surface area contributed by atoms with Crippen LogP contribution >= 0.6 is 0 Å². The first-order valence-electron chi connectivity index (χ1n) is 9.47. The molecule has 0 fully saturated rings. The van der Waals surface area contributed by atoms with Gasteiger partial charge in [-0.15, -0.1) is 0 Å². The fraction of sp³-hybridized carbons (Fsp3) is 0.833. The molecule has 5 nitrogen and oxygen atoms in total. The molecule has 0 aliphatic carbocycles. The summed E-state index contributed by atoms with van der Waals surface area (Å²) in [5, 5.41) is 0. The van der Waals surface area contributed by atoms with E-state index in [9.17, 15) is 4.79 Å². The van der Waals surface area contributed by atoms with Gasteiger partial charge in [-0.25, -0.2) is 0 Å². The molecule has 145 valence electrons. The van der Waals surface area contributed by atoms with Crippen molar-refractivity contribution in [3.63, 3.8) is 0 Å². The minimum atomic E-state index is -4.67. The molecule has 7 heteroatoms. The van der Waals surface area contributed by atoms with Gasteiger partial charge in [-0.05, 0) is 0 Å². The summed E-state index contributed by atoms with van der Waals surface area (Å²) in [5.41, 5.74) is 0. The van der Waals surface area contributed by atoms with Crippen LogP contribution in [0, 0.1) is 0 Å². The zero-order valence-corrected chi connectivity index (χ0v) is 19.6. The van der Waals surface area contributed by atoms with Gasteiger partial charge in [0.1, 0.15) is 0 Å². The number of rotatable bonds is 15. The van der Waals surface area contributed by atoms with E-state index in [4.69, 9.17) is 17.5 Å². The van der Waals surface area contributed by atoms with E-state index in [0.29, 0.717) is 4.38 Å². The Balaban J connectivity index is 0. The van der Waals surface area contributed by atoms with E-state index in [2.05, 4.69) is 19.1 Å². The number of carbonyl (C=O) groups is 1. The molecule has 0 atom stereocenters. The van der Waals surface area contributed by atoms with E-state index in [1.54, 1.807) is 0 Å². The molecule has 0 saturated carbocycles. The Labute approximate surface area is 164 Å². The largest absolute Gasteiger partial charge is 0.394 e. The van der Waals surface area contributed by atoms with Crippen LogP contribution in [-0.4, -0.2) is 21.9 Å². The van der Waals surface area contributed by atoms with Crippen molar-refractivity contribution in [2.75, 3.05) is 0 Å². The monoisotopic (exact) mass is 427 g/mol. The van der Waals surface area contributed by atoms with Gasteiger partial charge in [-0.2, -0.15) is 8.42 Å². The summed E-state index contributed by atoms with van der Waals surface area (Å²) >= 11 is 0.837. The molecule has 25 heavy (non-hydrogen) atoms. The third-order valence-electron chi connectivity index (χ3n) is 3.72. The van der Waals surface area contributed by atoms with Crippen LogP contribution in [0.1, 0.15) is 96.8 Å². The van der Waals surface area contributed by atoms with E-state index in [0.717, 1.165) is 31.1 Å². The Morgan fingerprint density at radius 1 is 0.800 bits per heavy atom. The Morgan fingerprint density at radius 3 is 1.56 bits per heavy atom. The van der Waals surface area contributed by atoms with Gasteiger partial charge in [0.05, 0.1) is 0 Å². The molecule has 0 aromatic heterocycles. The van der Waals surface area contributed by atoms with Gasteiger partial charge in [-0.3, -0.25) is 9.11 Å². The predicted octanol–water partition coefficient (Wildman–Crippen LogP) is 5.44. The smallest absolute Gasteiger partial charge is 0.264 e. The van der Waals surface area contributed by atoms with Crippen LogP contribution in [0.4, 0.5) is 0 Å². The summed E-state index contributed by atoms with van der Waals surface area (Å²) < 4.78 is 32.0. The van der Waals surface area contributed by atoms with Crippen molar-refractivity contribution in [3.05, 3.63) is 12.2 Å². The van der Waals surface area contributed by atoms with Gasteiger partial charge >= 0.3 is 108 Å².